The van der Waals surface area contributed by atoms with Gasteiger partial charge in [0.15, 0.2) is 0 Å². The zero-order valence-corrected chi connectivity index (χ0v) is 34.2. The number of nitro groups is 1. The van der Waals surface area contributed by atoms with E-state index in [1.54, 1.807) is 11.0 Å². The molecule has 1 amide bonds. The quantitative estimate of drug-likeness (QED) is 0.0489. The number of aliphatic hydroxyl groups excluding tert-OH is 2. The summed E-state index contributed by atoms with van der Waals surface area (Å²) in [6, 6.07) is 16.2. The van der Waals surface area contributed by atoms with E-state index in [0.717, 1.165) is 48.2 Å². The number of non-ortho nitro benzene ring substituents is 1. The highest BCUT2D eigenvalue weighted by atomic mass is 16.7. The van der Waals surface area contributed by atoms with Crippen LogP contribution in [0, 0.1) is 34.8 Å². The van der Waals surface area contributed by atoms with Crippen LogP contribution in [0.4, 0.5) is 10.5 Å². The fourth-order valence-electron chi connectivity index (χ4n) is 9.10. The summed E-state index contributed by atoms with van der Waals surface area (Å²) in [5.74, 6) is -0.710. The molecular formula is C45H56N4O10. The third-order valence-electron chi connectivity index (χ3n) is 11.5. The molecule has 14 nitrogen and oxygen atoms in total. The van der Waals surface area contributed by atoms with Gasteiger partial charge in [0.25, 0.3) is 5.69 Å². The van der Waals surface area contributed by atoms with Crippen molar-refractivity contribution in [2.24, 2.45) is 22.9 Å². The van der Waals surface area contributed by atoms with Crippen LogP contribution in [0.3, 0.4) is 0 Å². The molecule has 0 bridgehead atoms. The molecule has 1 fully saturated rings. The summed E-state index contributed by atoms with van der Waals surface area (Å²) < 4.78 is 26.5. The van der Waals surface area contributed by atoms with Crippen molar-refractivity contribution in [3.05, 3.63) is 112 Å². The van der Waals surface area contributed by atoms with Crippen molar-refractivity contribution in [2.45, 2.75) is 89.6 Å². The monoisotopic (exact) mass is 812 g/mol. The SMILES string of the molecule is C=CCOC12Oc3ccc(OCc4cccc(C)n4)cc3C3C(CCCCO)C(CCCCO)C=C(C(=NOC)CC1N(CCC)C(=O)Oc1ccc([N+](=O)[O-])cc1)C32. The number of aryl methyl sites for hydroxylation is 1. The van der Waals surface area contributed by atoms with Crippen LogP contribution >= 0.6 is 0 Å². The topological polar surface area (TPSA) is 175 Å². The number of nitro benzene ring substituents is 1. The molecule has 2 aliphatic carbocycles. The summed E-state index contributed by atoms with van der Waals surface area (Å²) in [7, 11) is 1.50. The van der Waals surface area contributed by atoms with Gasteiger partial charge in [-0.2, -0.15) is 0 Å². The van der Waals surface area contributed by atoms with E-state index in [0.29, 0.717) is 36.5 Å². The van der Waals surface area contributed by atoms with Crippen LogP contribution in [-0.4, -0.2) is 82.1 Å². The number of carbonyl (C=O) groups is 1. The number of oxime groups is 1. The highest BCUT2D eigenvalue weighted by molar-refractivity contribution is 6.03. The molecule has 0 radical (unpaired) electrons. The first-order chi connectivity index (χ1) is 28.7. The van der Waals surface area contributed by atoms with Gasteiger partial charge in [0, 0.05) is 55.5 Å². The van der Waals surface area contributed by atoms with Crippen LogP contribution in [-0.2, 0) is 16.2 Å². The Balaban J connectivity index is 1.52. The van der Waals surface area contributed by atoms with Crippen LogP contribution in [0.2, 0.25) is 0 Å². The van der Waals surface area contributed by atoms with Gasteiger partial charge in [0.2, 0.25) is 5.79 Å². The lowest BCUT2D eigenvalue weighted by Crippen LogP contribution is -2.70. The zero-order valence-electron chi connectivity index (χ0n) is 34.2. The molecule has 6 rings (SSSR count). The largest absolute Gasteiger partial charge is 0.487 e. The van der Waals surface area contributed by atoms with Gasteiger partial charge in [-0.15, -0.1) is 6.58 Å². The Morgan fingerprint density at radius 2 is 1.83 bits per heavy atom. The number of unbranched alkanes of at least 4 members (excludes halogenated alkanes) is 2. The molecule has 0 spiro atoms. The minimum atomic E-state index is -1.47. The second-order valence-electron chi connectivity index (χ2n) is 15.3. The zero-order chi connectivity index (χ0) is 41.9. The minimum absolute atomic E-state index is 0.0336. The third-order valence-corrected chi connectivity index (χ3v) is 11.5. The first kappa shape index (κ1) is 43.3. The predicted molar refractivity (Wildman–Crippen MR) is 221 cm³/mol. The first-order valence-electron chi connectivity index (χ1n) is 20.6. The molecule has 0 saturated heterocycles. The first-order valence-corrected chi connectivity index (χ1v) is 20.6. The molecular weight excluding hydrogens is 757 g/mol. The number of fused-ring (bicyclic) bond motifs is 2. The molecule has 3 aromatic rings. The number of hydrogen-bond acceptors (Lipinski definition) is 12. The Morgan fingerprint density at radius 3 is 2.51 bits per heavy atom. The van der Waals surface area contributed by atoms with Crippen molar-refractivity contribution in [1.29, 1.82) is 0 Å². The van der Waals surface area contributed by atoms with Crippen LogP contribution in [0.1, 0.15) is 81.2 Å². The van der Waals surface area contributed by atoms with E-state index in [4.69, 9.17) is 23.8 Å². The van der Waals surface area contributed by atoms with E-state index in [9.17, 15) is 25.1 Å². The average molecular weight is 813 g/mol. The molecule has 14 heteroatoms. The lowest BCUT2D eigenvalue weighted by molar-refractivity contribution is -0.384. The van der Waals surface area contributed by atoms with Crippen LogP contribution in [0.5, 0.6) is 17.2 Å². The Labute approximate surface area is 345 Å². The number of aliphatic hydroxyl groups is 2. The van der Waals surface area contributed by atoms with Crippen LogP contribution < -0.4 is 14.2 Å². The van der Waals surface area contributed by atoms with Crippen molar-refractivity contribution in [3.8, 4) is 17.2 Å². The van der Waals surface area contributed by atoms with Gasteiger partial charge >= 0.3 is 6.09 Å². The van der Waals surface area contributed by atoms with Gasteiger partial charge in [-0.25, -0.2) is 4.79 Å². The second-order valence-corrected chi connectivity index (χ2v) is 15.3. The van der Waals surface area contributed by atoms with Gasteiger partial charge in [-0.3, -0.25) is 20.0 Å². The van der Waals surface area contributed by atoms with E-state index in [1.165, 1.54) is 31.4 Å². The summed E-state index contributed by atoms with van der Waals surface area (Å²) in [4.78, 5) is 37.0. The number of amides is 1. The number of rotatable bonds is 20. The molecule has 59 heavy (non-hydrogen) atoms. The lowest BCUT2D eigenvalue weighted by atomic mass is 9.55. The summed E-state index contributed by atoms with van der Waals surface area (Å²) in [6.45, 7) is 8.70. The fraction of sp³-hybridized carbons (Fsp3) is 0.489. The predicted octanol–water partition coefficient (Wildman–Crippen LogP) is 8.05. The second kappa shape index (κ2) is 20.1. The molecule has 2 heterocycles. The van der Waals surface area contributed by atoms with E-state index in [1.807, 2.05) is 50.2 Å². The third kappa shape index (κ3) is 9.61. The summed E-state index contributed by atoms with van der Waals surface area (Å²) in [6.07, 6.45) is 8.53. The lowest BCUT2D eigenvalue weighted by Gasteiger charge is -2.59. The summed E-state index contributed by atoms with van der Waals surface area (Å²) in [5, 5.41) is 35.7. The Morgan fingerprint density at radius 1 is 1.08 bits per heavy atom. The molecule has 6 unspecified atom stereocenters. The van der Waals surface area contributed by atoms with Gasteiger partial charge in [-0.1, -0.05) is 43.1 Å². The van der Waals surface area contributed by atoms with Crippen molar-refractivity contribution in [3.63, 3.8) is 0 Å². The normalized spacial score (nSPS) is 23.6. The highest BCUT2D eigenvalue weighted by Gasteiger charge is 2.65. The fourth-order valence-corrected chi connectivity index (χ4v) is 9.10. The van der Waals surface area contributed by atoms with Gasteiger partial charge in [-0.05, 0) is 98.9 Å². The Kier molecular flexibility index (Phi) is 14.7. The maximum Gasteiger partial charge on any atom is 0.415 e. The molecule has 2 aromatic carbocycles. The number of aromatic nitrogens is 1. The van der Waals surface area contributed by atoms with Gasteiger partial charge < -0.3 is 34.0 Å². The highest BCUT2D eigenvalue weighted by Crippen LogP contribution is 2.62. The van der Waals surface area contributed by atoms with Crippen molar-refractivity contribution in [2.75, 3.05) is 33.5 Å². The van der Waals surface area contributed by atoms with Crippen LogP contribution in [0.25, 0.3) is 0 Å². The molecule has 1 aromatic heterocycles. The maximum absolute atomic E-state index is 14.4. The standard InChI is InChI=1S/C45H56N4O10/c1-5-22-48(44(52)58-34-18-16-33(17-19-34)49(53)54)41-28-39(47-55-4)37-26-31(13-7-9-23-50)36(15-8-10-24-51)42-38-27-35(56-29-32-14-11-12-30(3)46-32)20-21-40(38)59-45(41,43(37)42)57-25-6-2/h6,11-12,14,16-21,26-27,31,36,41-43,50-51H,2,5,7-10,13,15,22-25,28-29H2,1,3-4H3. The molecule has 3 aliphatic rings. The number of benzene rings is 2. The smallest absolute Gasteiger partial charge is 0.415 e. The number of carbonyl (C=O) groups excluding carboxylic acids is 1. The molecule has 2 N–H and O–H groups in total. The number of hydrogen-bond donors (Lipinski definition) is 2. The maximum atomic E-state index is 14.4. The van der Waals surface area contributed by atoms with Crippen molar-refractivity contribution >= 4 is 17.5 Å². The van der Waals surface area contributed by atoms with Gasteiger partial charge in [0.05, 0.1) is 28.9 Å². The van der Waals surface area contributed by atoms with Gasteiger partial charge in [0.1, 0.15) is 37.0 Å². The summed E-state index contributed by atoms with van der Waals surface area (Å²) >= 11 is 0. The number of allylic oxidation sites excluding steroid dienone is 1. The Bertz CT molecular complexity index is 1990. The summed E-state index contributed by atoms with van der Waals surface area (Å²) in [5.41, 5.74) is 4.07. The average Bonchev–Trinajstić information content (AvgIpc) is 3.23. The Hall–Kier alpha value is -5.31. The van der Waals surface area contributed by atoms with E-state index < -0.39 is 28.8 Å². The van der Waals surface area contributed by atoms with Crippen molar-refractivity contribution in [1.82, 2.24) is 9.88 Å². The number of nitrogens with zero attached hydrogens (tertiary/aromatic N) is 4. The van der Waals surface area contributed by atoms with Crippen molar-refractivity contribution < 1.29 is 43.7 Å². The number of pyridine rings is 1. The van der Waals surface area contributed by atoms with Crippen LogP contribution in [0.15, 0.2) is 90.1 Å². The molecule has 6 atom stereocenters. The molecule has 1 aliphatic heterocycles. The minimum Gasteiger partial charge on any atom is -0.487 e. The molecule has 316 valence electrons. The van der Waals surface area contributed by atoms with E-state index in [-0.39, 0.29) is 68.6 Å². The van der Waals surface area contributed by atoms with E-state index in [2.05, 4.69) is 22.8 Å². The number of ether oxygens (including phenoxy) is 4. The van der Waals surface area contributed by atoms with E-state index >= 15 is 0 Å². The molecule has 1 saturated carbocycles.